The molecule has 1 nitrogen and oxygen atoms in total. The standard InChI is InChI=1S/C42H62O/c1-26-20-34-33(28-16-12-10-13-17-28)22-30(41(3,4)5)23-35(34)31(26)24-32-27(2)21-37-36(32)25-38(42(6,7)8)40(43-9)39(37)29-18-14-11-15-19-29/h10-19,26-27,30-40H,20-25H2,1-9H3. The van der Waals surface area contributed by atoms with Crippen molar-refractivity contribution < 1.29 is 4.74 Å². The molecule has 0 spiro atoms. The predicted octanol–water partition coefficient (Wildman–Crippen LogP) is 11.3. The zero-order valence-corrected chi connectivity index (χ0v) is 28.9. The smallest absolute Gasteiger partial charge is 0.0675 e. The molecule has 6 rings (SSSR count). The molecule has 13 atom stereocenters. The van der Waals surface area contributed by atoms with E-state index in [0.29, 0.717) is 23.4 Å². The number of hydrogen-bond acceptors (Lipinski definition) is 1. The van der Waals surface area contributed by atoms with Crippen molar-refractivity contribution >= 4 is 0 Å². The summed E-state index contributed by atoms with van der Waals surface area (Å²) in [5, 5.41) is 0. The SMILES string of the molecule is COC1C(c2ccccc2)C2CC(C)C(CC3C(C)CC4C(c5ccccc5)CC(C(C)(C)C)CC34)C2CC1C(C)(C)C. The van der Waals surface area contributed by atoms with Gasteiger partial charge in [-0.15, -0.1) is 0 Å². The molecule has 0 aliphatic heterocycles. The Labute approximate surface area is 265 Å². The van der Waals surface area contributed by atoms with E-state index in [1.165, 1.54) is 44.1 Å². The number of ether oxygens (including phenoxy) is 1. The van der Waals surface area contributed by atoms with E-state index in [2.05, 4.69) is 116 Å². The van der Waals surface area contributed by atoms with E-state index in [1.807, 2.05) is 7.11 Å². The summed E-state index contributed by atoms with van der Waals surface area (Å²) in [6, 6.07) is 23.2. The molecular weight excluding hydrogens is 520 g/mol. The lowest BCUT2D eigenvalue weighted by Crippen LogP contribution is -2.47. The van der Waals surface area contributed by atoms with Crippen molar-refractivity contribution in [1.82, 2.24) is 0 Å². The number of benzene rings is 2. The van der Waals surface area contributed by atoms with Crippen LogP contribution in [0.15, 0.2) is 60.7 Å². The van der Waals surface area contributed by atoms with E-state index in [1.54, 1.807) is 5.56 Å². The molecule has 0 radical (unpaired) electrons. The fourth-order valence-electron chi connectivity index (χ4n) is 11.6. The van der Waals surface area contributed by atoms with Crippen LogP contribution in [0.4, 0.5) is 0 Å². The van der Waals surface area contributed by atoms with Gasteiger partial charge in [0.2, 0.25) is 0 Å². The molecule has 4 aliphatic carbocycles. The molecule has 0 N–H and O–H groups in total. The van der Waals surface area contributed by atoms with Gasteiger partial charge in [0.25, 0.3) is 0 Å². The van der Waals surface area contributed by atoms with Crippen LogP contribution >= 0.6 is 0 Å². The summed E-state index contributed by atoms with van der Waals surface area (Å²) >= 11 is 0. The molecule has 236 valence electrons. The van der Waals surface area contributed by atoms with Gasteiger partial charge in [-0.3, -0.25) is 0 Å². The number of rotatable bonds is 5. The summed E-state index contributed by atoms with van der Waals surface area (Å²) in [6.07, 6.45) is 8.74. The van der Waals surface area contributed by atoms with Crippen LogP contribution in [0.2, 0.25) is 0 Å². The highest BCUT2D eigenvalue weighted by Gasteiger charge is 2.57. The van der Waals surface area contributed by atoms with Crippen LogP contribution in [0.5, 0.6) is 0 Å². The second kappa shape index (κ2) is 12.0. The van der Waals surface area contributed by atoms with Gasteiger partial charge in [-0.2, -0.15) is 0 Å². The lowest BCUT2D eigenvalue weighted by molar-refractivity contribution is -0.0760. The van der Waals surface area contributed by atoms with Gasteiger partial charge in [0.15, 0.2) is 0 Å². The number of hydrogen-bond donors (Lipinski definition) is 0. The molecule has 2 aromatic rings. The van der Waals surface area contributed by atoms with Gasteiger partial charge in [0, 0.05) is 13.0 Å². The highest BCUT2D eigenvalue weighted by Crippen LogP contribution is 2.64. The molecule has 0 heterocycles. The Hall–Kier alpha value is -1.60. The zero-order valence-electron chi connectivity index (χ0n) is 28.9. The molecule has 4 saturated carbocycles. The Bertz CT molecular complexity index is 1190. The molecular formula is C42H62O. The van der Waals surface area contributed by atoms with Gasteiger partial charge in [-0.1, -0.05) is 116 Å². The summed E-state index contributed by atoms with van der Waals surface area (Å²) in [5.41, 5.74) is 3.76. The molecule has 4 fully saturated rings. The van der Waals surface area contributed by atoms with Crippen LogP contribution in [0.3, 0.4) is 0 Å². The highest BCUT2D eigenvalue weighted by atomic mass is 16.5. The molecule has 0 aromatic heterocycles. The molecule has 0 amide bonds. The zero-order chi connectivity index (χ0) is 30.7. The lowest BCUT2D eigenvalue weighted by Gasteiger charge is -2.51. The van der Waals surface area contributed by atoms with Crippen LogP contribution in [-0.2, 0) is 4.74 Å². The number of fused-ring (bicyclic) bond motifs is 2. The van der Waals surface area contributed by atoms with Crippen LogP contribution in [-0.4, -0.2) is 13.2 Å². The third-order valence-electron chi connectivity index (χ3n) is 13.9. The first kappa shape index (κ1) is 31.4. The van der Waals surface area contributed by atoms with E-state index in [-0.39, 0.29) is 5.41 Å². The Morgan fingerprint density at radius 2 is 1.14 bits per heavy atom. The minimum absolute atomic E-state index is 0.243. The van der Waals surface area contributed by atoms with E-state index in [4.69, 9.17) is 4.74 Å². The Balaban J connectivity index is 1.32. The van der Waals surface area contributed by atoms with Crippen molar-refractivity contribution in [3.63, 3.8) is 0 Å². The molecule has 43 heavy (non-hydrogen) atoms. The van der Waals surface area contributed by atoms with Gasteiger partial charge in [-0.05, 0) is 126 Å². The van der Waals surface area contributed by atoms with E-state index >= 15 is 0 Å². The minimum atomic E-state index is 0.243. The quantitative estimate of drug-likeness (QED) is 0.341. The average Bonchev–Trinajstić information content (AvgIpc) is 3.46. The fourth-order valence-corrected chi connectivity index (χ4v) is 11.6. The molecule has 2 aromatic carbocycles. The molecule has 0 bridgehead atoms. The van der Waals surface area contributed by atoms with Crippen LogP contribution in [0.25, 0.3) is 0 Å². The average molecular weight is 583 g/mol. The van der Waals surface area contributed by atoms with E-state index < -0.39 is 0 Å². The lowest BCUT2D eigenvalue weighted by atomic mass is 9.56. The third-order valence-corrected chi connectivity index (χ3v) is 13.9. The predicted molar refractivity (Wildman–Crippen MR) is 182 cm³/mol. The summed E-state index contributed by atoms with van der Waals surface area (Å²) in [7, 11) is 1.99. The first-order chi connectivity index (χ1) is 20.4. The molecule has 13 unspecified atom stereocenters. The second-order valence-corrected chi connectivity index (χ2v) is 18.0. The fraction of sp³-hybridized carbons (Fsp3) is 0.714. The van der Waals surface area contributed by atoms with E-state index in [9.17, 15) is 0 Å². The second-order valence-electron chi connectivity index (χ2n) is 18.0. The van der Waals surface area contributed by atoms with Crippen LogP contribution in [0, 0.1) is 70.0 Å². The third kappa shape index (κ3) is 5.91. The minimum Gasteiger partial charge on any atom is -0.381 e. The van der Waals surface area contributed by atoms with Crippen molar-refractivity contribution in [2.24, 2.45) is 70.0 Å². The normalized spacial score (nSPS) is 41.6. The van der Waals surface area contributed by atoms with Gasteiger partial charge < -0.3 is 4.74 Å². The summed E-state index contributed by atoms with van der Waals surface area (Å²) < 4.78 is 6.49. The summed E-state index contributed by atoms with van der Waals surface area (Å²) in [6.45, 7) is 20.2. The van der Waals surface area contributed by atoms with Crippen LogP contribution < -0.4 is 0 Å². The summed E-state index contributed by atoms with van der Waals surface area (Å²) in [4.78, 5) is 0. The first-order valence-electron chi connectivity index (χ1n) is 18.0. The Kier molecular flexibility index (Phi) is 8.73. The van der Waals surface area contributed by atoms with E-state index in [0.717, 1.165) is 59.2 Å². The van der Waals surface area contributed by atoms with Crippen molar-refractivity contribution in [3.8, 4) is 0 Å². The van der Waals surface area contributed by atoms with Crippen molar-refractivity contribution in [3.05, 3.63) is 71.8 Å². The molecule has 1 heteroatoms. The number of methoxy groups -OCH3 is 1. The van der Waals surface area contributed by atoms with Gasteiger partial charge >= 0.3 is 0 Å². The van der Waals surface area contributed by atoms with Gasteiger partial charge in [-0.25, -0.2) is 0 Å². The van der Waals surface area contributed by atoms with Crippen molar-refractivity contribution in [2.45, 2.75) is 112 Å². The first-order valence-corrected chi connectivity index (χ1v) is 18.0. The molecule has 0 saturated heterocycles. The maximum atomic E-state index is 6.49. The Morgan fingerprint density at radius 3 is 1.67 bits per heavy atom. The van der Waals surface area contributed by atoms with Crippen molar-refractivity contribution in [2.75, 3.05) is 7.11 Å². The maximum absolute atomic E-state index is 6.49. The maximum Gasteiger partial charge on any atom is 0.0675 e. The topological polar surface area (TPSA) is 9.23 Å². The largest absolute Gasteiger partial charge is 0.381 e. The highest BCUT2D eigenvalue weighted by molar-refractivity contribution is 5.26. The monoisotopic (exact) mass is 582 g/mol. The van der Waals surface area contributed by atoms with Crippen LogP contribution in [0.1, 0.15) is 117 Å². The van der Waals surface area contributed by atoms with Gasteiger partial charge in [0.1, 0.15) is 0 Å². The molecule has 4 aliphatic rings. The Morgan fingerprint density at radius 1 is 0.605 bits per heavy atom. The van der Waals surface area contributed by atoms with Gasteiger partial charge in [0.05, 0.1) is 6.10 Å². The van der Waals surface area contributed by atoms with Crippen molar-refractivity contribution in [1.29, 1.82) is 0 Å². The summed E-state index contributed by atoms with van der Waals surface area (Å²) in [5.74, 6) is 9.29.